The number of fused-ring (bicyclic) bond motifs is 2. The second-order valence-electron chi connectivity index (χ2n) is 9.25. The third-order valence-electron chi connectivity index (χ3n) is 6.83. The first-order valence-corrected chi connectivity index (χ1v) is 12.5. The molecule has 0 aliphatic rings. The zero-order valence-corrected chi connectivity index (χ0v) is 20.1. The normalized spacial score (nSPS) is 12.1. The summed E-state index contributed by atoms with van der Waals surface area (Å²) in [5, 5.41) is 8.73. The maximum Gasteiger partial charge on any atom is 0.0718 e. The standard InChI is InChI=1S/C34H28N2/c1-3-12-25(13-4-1)22-33(35-24-26-14-5-2-6-15-26)31-20-11-21-32(36-31)34-29-18-9-7-16-27(29)23-28-17-8-10-19-30(28)34/h1-21,23,33,35H,22,24H2. The lowest BCUT2D eigenvalue weighted by molar-refractivity contribution is 0.519. The fraction of sp³-hybridized carbons (Fsp3) is 0.0882. The van der Waals surface area contributed by atoms with Gasteiger partial charge in [0, 0.05) is 12.1 Å². The van der Waals surface area contributed by atoms with Gasteiger partial charge in [0.25, 0.3) is 0 Å². The van der Waals surface area contributed by atoms with Gasteiger partial charge in [0.2, 0.25) is 0 Å². The van der Waals surface area contributed by atoms with Gasteiger partial charge in [0.15, 0.2) is 0 Å². The highest BCUT2D eigenvalue weighted by Gasteiger charge is 2.17. The molecule has 1 N–H and O–H groups in total. The van der Waals surface area contributed by atoms with Crippen LogP contribution in [0.3, 0.4) is 0 Å². The van der Waals surface area contributed by atoms with Crippen LogP contribution in [0.15, 0.2) is 133 Å². The topological polar surface area (TPSA) is 24.9 Å². The third kappa shape index (κ3) is 4.64. The lowest BCUT2D eigenvalue weighted by Gasteiger charge is -2.20. The molecule has 2 heteroatoms. The Bertz CT molecular complexity index is 1550. The second-order valence-corrected chi connectivity index (χ2v) is 9.25. The lowest BCUT2D eigenvalue weighted by atomic mass is 9.94. The van der Waals surface area contributed by atoms with Crippen molar-refractivity contribution in [2.75, 3.05) is 0 Å². The molecule has 1 unspecified atom stereocenters. The van der Waals surface area contributed by atoms with E-state index in [1.54, 1.807) is 0 Å². The number of pyridine rings is 1. The molecule has 5 aromatic carbocycles. The van der Waals surface area contributed by atoms with Gasteiger partial charge in [-0.05, 0) is 57.3 Å². The van der Waals surface area contributed by atoms with E-state index in [9.17, 15) is 0 Å². The Morgan fingerprint density at radius 2 is 1.14 bits per heavy atom. The van der Waals surface area contributed by atoms with E-state index in [-0.39, 0.29) is 6.04 Å². The van der Waals surface area contributed by atoms with Crippen LogP contribution in [0.4, 0.5) is 0 Å². The largest absolute Gasteiger partial charge is 0.304 e. The van der Waals surface area contributed by atoms with Crippen molar-refractivity contribution in [3.8, 4) is 11.3 Å². The Hall–Kier alpha value is -4.27. The summed E-state index contributed by atoms with van der Waals surface area (Å²) < 4.78 is 0. The fourth-order valence-electron chi connectivity index (χ4n) is 5.04. The summed E-state index contributed by atoms with van der Waals surface area (Å²) in [4.78, 5) is 5.29. The number of hydrogen-bond donors (Lipinski definition) is 1. The second kappa shape index (κ2) is 10.2. The van der Waals surface area contributed by atoms with Crippen molar-refractivity contribution >= 4 is 21.5 Å². The van der Waals surface area contributed by atoms with Gasteiger partial charge in [-0.15, -0.1) is 0 Å². The average Bonchev–Trinajstić information content (AvgIpc) is 2.95. The summed E-state index contributed by atoms with van der Waals surface area (Å²) in [7, 11) is 0. The quantitative estimate of drug-likeness (QED) is 0.241. The van der Waals surface area contributed by atoms with Gasteiger partial charge >= 0.3 is 0 Å². The van der Waals surface area contributed by atoms with Crippen LogP contribution in [-0.2, 0) is 13.0 Å². The van der Waals surface area contributed by atoms with E-state index in [1.165, 1.54) is 38.2 Å². The molecule has 0 aliphatic carbocycles. The summed E-state index contributed by atoms with van der Waals surface area (Å²) in [5.74, 6) is 0. The average molecular weight is 465 g/mol. The first kappa shape index (κ1) is 22.2. The van der Waals surface area contributed by atoms with Crippen LogP contribution in [0.25, 0.3) is 32.8 Å². The highest BCUT2D eigenvalue weighted by atomic mass is 14.9. The van der Waals surface area contributed by atoms with E-state index < -0.39 is 0 Å². The molecule has 36 heavy (non-hydrogen) atoms. The molecule has 1 atom stereocenters. The van der Waals surface area contributed by atoms with E-state index in [1.807, 2.05) is 0 Å². The molecule has 1 aromatic heterocycles. The lowest BCUT2D eigenvalue weighted by Crippen LogP contribution is -2.24. The van der Waals surface area contributed by atoms with Crippen molar-refractivity contribution in [1.29, 1.82) is 0 Å². The number of nitrogens with zero attached hydrogens (tertiary/aromatic N) is 1. The Kier molecular flexibility index (Phi) is 6.26. The fourth-order valence-corrected chi connectivity index (χ4v) is 5.04. The molecular formula is C34H28N2. The zero-order chi connectivity index (χ0) is 24.2. The van der Waals surface area contributed by atoms with Crippen molar-refractivity contribution in [2.24, 2.45) is 0 Å². The van der Waals surface area contributed by atoms with Crippen molar-refractivity contribution in [2.45, 2.75) is 19.0 Å². The van der Waals surface area contributed by atoms with Gasteiger partial charge in [-0.1, -0.05) is 115 Å². The Morgan fingerprint density at radius 3 is 1.81 bits per heavy atom. The molecule has 0 saturated heterocycles. The predicted octanol–water partition coefficient (Wildman–Crippen LogP) is 8.13. The predicted molar refractivity (Wildman–Crippen MR) is 151 cm³/mol. The molecule has 6 aromatic rings. The number of benzene rings is 5. The molecule has 6 rings (SSSR count). The van der Waals surface area contributed by atoms with Crippen molar-refractivity contribution in [3.63, 3.8) is 0 Å². The molecule has 0 saturated carbocycles. The minimum Gasteiger partial charge on any atom is -0.304 e. The molecule has 1 heterocycles. The molecule has 174 valence electrons. The summed E-state index contributed by atoms with van der Waals surface area (Å²) in [6.45, 7) is 0.793. The van der Waals surface area contributed by atoms with Crippen molar-refractivity contribution < 1.29 is 0 Å². The third-order valence-corrected chi connectivity index (χ3v) is 6.83. The van der Waals surface area contributed by atoms with Gasteiger partial charge < -0.3 is 5.32 Å². The Balaban J connectivity index is 1.44. The summed E-state index contributed by atoms with van der Waals surface area (Å²) in [5.41, 5.74) is 5.84. The van der Waals surface area contributed by atoms with Gasteiger partial charge in [0.1, 0.15) is 0 Å². The van der Waals surface area contributed by atoms with E-state index in [4.69, 9.17) is 4.98 Å². The van der Waals surface area contributed by atoms with Crippen LogP contribution in [0.1, 0.15) is 22.9 Å². The minimum absolute atomic E-state index is 0.0915. The number of nitrogens with one attached hydrogen (secondary N) is 1. The van der Waals surface area contributed by atoms with Crippen LogP contribution in [0.2, 0.25) is 0 Å². The molecule has 0 aliphatic heterocycles. The van der Waals surface area contributed by atoms with Crippen molar-refractivity contribution in [3.05, 3.63) is 150 Å². The van der Waals surface area contributed by atoms with E-state index in [0.717, 1.165) is 24.4 Å². The van der Waals surface area contributed by atoms with E-state index >= 15 is 0 Å². The summed E-state index contributed by atoms with van der Waals surface area (Å²) >= 11 is 0. The monoisotopic (exact) mass is 464 g/mol. The molecule has 0 amide bonds. The molecular weight excluding hydrogens is 436 g/mol. The molecule has 0 bridgehead atoms. The summed E-state index contributed by atoms with van der Waals surface area (Å²) in [6.07, 6.45) is 0.875. The number of aromatic nitrogens is 1. The highest BCUT2D eigenvalue weighted by Crippen LogP contribution is 2.36. The van der Waals surface area contributed by atoms with Crippen LogP contribution in [-0.4, -0.2) is 4.98 Å². The van der Waals surface area contributed by atoms with E-state index in [2.05, 4.69) is 139 Å². The van der Waals surface area contributed by atoms with Crippen molar-refractivity contribution in [1.82, 2.24) is 10.3 Å². The SMILES string of the molecule is c1ccc(CNC(Cc2ccccc2)c2cccc(-c3c4ccccc4cc4ccccc34)n2)cc1. The van der Waals surface area contributed by atoms with Gasteiger partial charge in [-0.25, -0.2) is 0 Å². The maximum atomic E-state index is 5.29. The minimum atomic E-state index is 0.0915. The smallest absolute Gasteiger partial charge is 0.0718 e. The molecule has 0 radical (unpaired) electrons. The maximum absolute atomic E-state index is 5.29. The van der Waals surface area contributed by atoms with Gasteiger partial charge in [-0.2, -0.15) is 0 Å². The first-order valence-electron chi connectivity index (χ1n) is 12.5. The highest BCUT2D eigenvalue weighted by molar-refractivity contribution is 6.12. The van der Waals surface area contributed by atoms with Crippen LogP contribution in [0, 0.1) is 0 Å². The summed E-state index contributed by atoms with van der Waals surface area (Å²) in [6, 6.07) is 47.3. The van der Waals surface area contributed by atoms with Crippen LogP contribution < -0.4 is 5.32 Å². The number of hydrogen-bond acceptors (Lipinski definition) is 2. The Morgan fingerprint density at radius 1 is 0.556 bits per heavy atom. The van der Waals surface area contributed by atoms with Gasteiger partial charge in [0.05, 0.1) is 17.4 Å². The molecule has 2 nitrogen and oxygen atoms in total. The first-order chi connectivity index (χ1) is 17.8. The Labute approximate surface area is 212 Å². The number of rotatable bonds is 7. The zero-order valence-electron chi connectivity index (χ0n) is 20.1. The van der Waals surface area contributed by atoms with Crippen LogP contribution >= 0.6 is 0 Å². The van der Waals surface area contributed by atoms with Gasteiger partial charge in [-0.3, -0.25) is 4.98 Å². The van der Waals surface area contributed by atoms with Crippen LogP contribution in [0.5, 0.6) is 0 Å². The van der Waals surface area contributed by atoms with E-state index in [0.29, 0.717) is 0 Å². The molecule has 0 spiro atoms. The molecule has 0 fully saturated rings.